The van der Waals surface area contributed by atoms with Gasteiger partial charge in [-0.25, -0.2) is 9.37 Å². The van der Waals surface area contributed by atoms with Crippen LogP contribution in [0, 0.1) is 12.7 Å². The van der Waals surface area contributed by atoms with Crippen LogP contribution in [-0.2, 0) is 18.8 Å². The minimum absolute atomic E-state index is 0.223. The fourth-order valence-electron chi connectivity index (χ4n) is 2.54. The molecule has 2 nitrogen and oxygen atoms in total. The lowest BCUT2D eigenvalue weighted by atomic mass is 10.2. The van der Waals surface area contributed by atoms with Gasteiger partial charge in [0.15, 0.2) is 0 Å². The molecule has 21 heavy (non-hydrogen) atoms. The van der Waals surface area contributed by atoms with Gasteiger partial charge in [0, 0.05) is 10.9 Å². The number of benzene rings is 1. The Hall–Kier alpha value is -1.39. The lowest BCUT2D eigenvalue weighted by Gasteiger charge is -2.08. The molecule has 0 aliphatic carbocycles. The van der Waals surface area contributed by atoms with Gasteiger partial charge >= 0.3 is 0 Å². The van der Waals surface area contributed by atoms with Crippen molar-refractivity contribution in [2.75, 3.05) is 0 Å². The van der Waals surface area contributed by atoms with Crippen LogP contribution in [0.2, 0.25) is 0 Å². The molecule has 0 bridgehead atoms. The average molecular weight is 323 g/mol. The van der Waals surface area contributed by atoms with Crippen molar-refractivity contribution < 1.29 is 4.39 Å². The number of aryl methyl sites for hydroxylation is 2. The summed E-state index contributed by atoms with van der Waals surface area (Å²) >= 11 is 7.76. The summed E-state index contributed by atoms with van der Waals surface area (Å²) in [7, 11) is 0. The largest absolute Gasteiger partial charge is 0.322 e. The van der Waals surface area contributed by atoms with E-state index in [1.165, 1.54) is 16.5 Å². The van der Waals surface area contributed by atoms with Crippen LogP contribution < -0.4 is 0 Å². The number of nitrogens with zero attached hydrogens (tertiary/aromatic N) is 2. The van der Waals surface area contributed by atoms with E-state index in [1.54, 1.807) is 18.3 Å². The number of aromatic nitrogens is 2. The second-order valence-corrected chi connectivity index (χ2v) is 6.33. The quantitative estimate of drug-likeness (QED) is 0.625. The SMILES string of the molecule is CCc1ccsc1Cn1c(CCl)nc2cc(F)c(C)cc21. The van der Waals surface area contributed by atoms with Crippen molar-refractivity contribution in [3.8, 4) is 0 Å². The molecule has 2 heterocycles. The Morgan fingerprint density at radius 1 is 1.38 bits per heavy atom. The molecule has 0 atom stereocenters. The third-order valence-electron chi connectivity index (χ3n) is 3.75. The molecule has 1 aromatic carbocycles. The van der Waals surface area contributed by atoms with Gasteiger partial charge < -0.3 is 4.57 Å². The highest BCUT2D eigenvalue weighted by Gasteiger charge is 2.14. The number of thiophene rings is 1. The number of imidazole rings is 1. The zero-order chi connectivity index (χ0) is 15.0. The van der Waals surface area contributed by atoms with Crippen LogP contribution in [0.15, 0.2) is 23.6 Å². The van der Waals surface area contributed by atoms with Crippen molar-refractivity contribution in [2.24, 2.45) is 0 Å². The minimum Gasteiger partial charge on any atom is -0.322 e. The monoisotopic (exact) mass is 322 g/mol. The summed E-state index contributed by atoms with van der Waals surface area (Å²) in [4.78, 5) is 5.78. The Balaban J connectivity index is 2.14. The Morgan fingerprint density at radius 2 is 2.19 bits per heavy atom. The van der Waals surface area contributed by atoms with E-state index in [0.29, 0.717) is 17.0 Å². The smallest absolute Gasteiger partial charge is 0.128 e. The number of hydrogen-bond donors (Lipinski definition) is 0. The molecule has 3 rings (SSSR count). The van der Waals surface area contributed by atoms with Crippen molar-refractivity contribution in [1.29, 1.82) is 0 Å². The molecule has 110 valence electrons. The molecule has 0 fully saturated rings. The van der Waals surface area contributed by atoms with Crippen LogP contribution in [0.1, 0.15) is 28.8 Å². The fraction of sp³-hybridized carbons (Fsp3) is 0.312. The molecule has 3 aromatic rings. The summed E-state index contributed by atoms with van der Waals surface area (Å²) in [6, 6.07) is 5.50. The lowest BCUT2D eigenvalue weighted by Crippen LogP contribution is -2.04. The Morgan fingerprint density at radius 3 is 2.90 bits per heavy atom. The van der Waals surface area contributed by atoms with E-state index in [9.17, 15) is 4.39 Å². The second-order valence-electron chi connectivity index (χ2n) is 5.06. The van der Waals surface area contributed by atoms with Gasteiger partial charge in [-0.1, -0.05) is 6.92 Å². The van der Waals surface area contributed by atoms with Crippen LogP contribution in [-0.4, -0.2) is 9.55 Å². The molecule has 0 N–H and O–H groups in total. The van der Waals surface area contributed by atoms with Gasteiger partial charge in [0.25, 0.3) is 0 Å². The number of alkyl halides is 1. The highest BCUT2D eigenvalue weighted by molar-refractivity contribution is 7.10. The van der Waals surface area contributed by atoms with E-state index in [0.717, 1.165) is 24.3 Å². The van der Waals surface area contributed by atoms with E-state index >= 15 is 0 Å². The van der Waals surface area contributed by atoms with Crippen molar-refractivity contribution >= 4 is 34.0 Å². The Labute approximate surface area is 132 Å². The van der Waals surface area contributed by atoms with E-state index < -0.39 is 0 Å². The zero-order valence-corrected chi connectivity index (χ0v) is 13.6. The molecule has 0 amide bonds. The minimum atomic E-state index is -0.223. The number of hydrogen-bond acceptors (Lipinski definition) is 2. The molecule has 0 aliphatic heterocycles. The molecule has 0 unspecified atom stereocenters. The van der Waals surface area contributed by atoms with Gasteiger partial charge in [0.05, 0.1) is 23.5 Å². The third-order valence-corrected chi connectivity index (χ3v) is 4.93. The van der Waals surface area contributed by atoms with Crippen LogP contribution in [0.5, 0.6) is 0 Å². The van der Waals surface area contributed by atoms with Gasteiger partial charge in [-0.2, -0.15) is 0 Å². The van der Waals surface area contributed by atoms with Crippen LogP contribution in [0.4, 0.5) is 4.39 Å². The standard InChI is InChI=1S/C16H16ClFN2S/c1-3-11-4-5-21-15(11)9-20-14-6-10(2)12(18)7-13(14)19-16(20)8-17/h4-7H,3,8-9H2,1-2H3. The van der Waals surface area contributed by atoms with Gasteiger partial charge in [0.2, 0.25) is 0 Å². The maximum Gasteiger partial charge on any atom is 0.128 e. The first-order chi connectivity index (χ1) is 10.1. The maximum atomic E-state index is 13.7. The molecular weight excluding hydrogens is 307 g/mol. The first kappa shape index (κ1) is 14.5. The molecule has 0 radical (unpaired) electrons. The lowest BCUT2D eigenvalue weighted by molar-refractivity contribution is 0.620. The Kier molecular flexibility index (Phi) is 4.00. The highest BCUT2D eigenvalue weighted by Crippen LogP contribution is 2.25. The summed E-state index contributed by atoms with van der Waals surface area (Å²) in [5.41, 5.74) is 3.59. The highest BCUT2D eigenvalue weighted by atomic mass is 35.5. The van der Waals surface area contributed by atoms with Crippen molar-refractivity contribution in [2.45, 2.75) is 32.7 Å². The van der Waals surface area contributed by atoms with Gasteiger partial charge in [-0.15, -0.1) is 22.9 Å². The Bertz CT molecular complexity index is 791. The summed E-state index contributed by atoms with van der Waals surface area (Å²) in [6.07, 6.45) is 1.01. The van der Waals surface area contributed by atoms with E-state index in [-0.39, 0.29) is 5.82 Å². The van der Waals surface area contributed by atoms with Crippen molar-refractivity contribution in [3.63, 3.8) is 0 Å². The molecule has 0 spiro atoms. The number of rotatable bonds is 4. The summed E-state index contributed by atoms with van der Waals surface area (Å²) in [6.45, 7) is 4.67. The van der Waals surface area contributed by atoms with Gasteiger partial charge in [-0.3, -0.25) is 0 Å². The molecular formula is C16H16ClFN2S. The van der Waals surface area contributed by atoms with Crippen LogP contribution >= 0.6 is 22.9 Å². The van der Waals surface area contributed by atoms with Crippen LogP contribution in [0.3, 0.4) is 0 Å². The molecule has 0 saturated carbocycles. The summed E-state index contributed by atoms with van der Waals surface area (Å²) in [5.74, 6) is 0.882. The van der Waals surface area contributed by atoms with Crippen molar-refractivity contribution in [1.82, 2.24) is 9.55 Å². The molecule has 5 heteroatoms. The fourth-order valence-corrected chi connectivity index (χ4v) is 3.71. The first-order valence-corrected chi connectivity index (χ1v) is 8.32. The van der Waals surface area contributed by atoms with Gasteiger partial charge in [-0.05, 0) is 42.0 Å². The number of fused-ring (bicyclic) bond motifs is 1. The molecule has 2 aromatic heterocycles. The zero-order valence-electron chi connectivity index (χ0n) is 12.0. The molecule has 0 aliphatic rings. The van der Waals surface area contributed by atoms with E-state index in [2.05, 4.69) is 27.9 Å². The summed E-state index contributed by atoms with van der Waals surface area (Å²) < 4.78 is 15.8. The van der Waals surface area contributed by atoms with E-state index in [4.69, 9.17) is 11.6 Å². The predicted molar refractivity (Wildman–Crippen MR) is 86.8 cm³/mol. The topological polar surface area (TPSA) is 17.8 Å². The third kappa shape index (κ3) is 2.58. The number of halogens is 2. The first-order valence-electron chi connectivity index (χ1n) is 6.90. The molecule has 0 saturated heterocycles. The van der Waals surface area contributed by atoms with E-state index in [1.807, 2.05) is 6.07 Å². The predicted octanol–water partition coefficient (Wildman–Crippen LogP) is 4.89. The summed E-state index contributed by atoms with van der Waals surface area (Å²) in [5, 5.41) is 2.11. The average Bonchev–Trinajstić information content (AvgIpc) is 3.05. The second kappa shape index (κ2) is 5.78. The van der Waals surface area contributed by atoms with Gasteiger partial charge in [0.1, 0.15) is 11.6 Å². The van der Waals surface area contributed by atoms with Crippen LogP contribution in [0.25, 0.3) is 11.0 Å². The normalized spacial score (nSPS) is 11.4. The maximum absolute atomic E-state index is 13.7. The van der Waals surface area contributed by atoms with Crippen molar-refractivity contribution in [3.05, 3.63) is 51.2 Å².